The van der Waals surface area contributed by atoms with E-state index < -0.39 is 14.9 Å². The van der Waals surface area contributed by atoms with Crippen molar-refractivity contribution in [2.24, 2.45) is 0 Å². The molecule has 1 heterocycles. The van der Waals surface area contributed by atoms with Crippen LogP contribution < -0.4 is 4.90 Å². The van der Waals surface area contributed by atoms with Crippen molar-refractivity contribution < 1.29 is 13.3 Å². The third-order valence-electron chi connectivity index (χ3n) is 4.78. The lowest BCUT2D eigenvalue weighted by molar-refractivity contribution is -0.385. The van der Waals surface area contributed by atoms with E-state index in [-0.39, 0.29) is 10.6 Å². The molecular formula is C17H26Br2N4O4S. The summed E-state index contributed by atoms with van der Waals surface area (Å²) in [6, 6.07) is 2.65. The average Bonchev–Trinajstić information content (AvgIpc) is 2.86. The highest BCUT2D eigenvalue weighted by molar-refractivity contribution is 9.09. The Morgan fingerprint density at radius 1 is 1.14 bits per heavy atom. The SMILES string of the molecule is Cc1cc([N+](=O)[O-])cc(S(=O)(=O)N2CCCN(C)CC2)c1N(CCBr)CCBr. The molecule has 0 spiro atoms. The number of nitro benzene ring substituents is 1. The summed E-state index contributed by atoms with van der Waals surface area (Å²) in [5.74, 6) is 0. The quantitative estimate of drug-likeness (QED) is 0.286. The molecule has 1 fully saturated rings. The summed E-state index contributed by atoms with van der Waals surface area (Å²) in [5, 5.41) is 12.7. The van der Waals surface area contributed by atoms with Crippen LogP contribution in [0, 0.1) is 17.0 Å². The smallest absolute Gasteiger partial charge is 0.271 e. The summed E-state index contributed by atoms with van der Waals surface area (Å²) in [7, 11) is -1.90. The second kappa shape index (κ2) is 10.3. The van der Waals surface area contributed by atoms with Gasteiger partial charge in [0.1, 0.15) is 4.90 Å². The van der Waals surface area contributed by atoms with Gasteiger partial charge in [0.25, 0.3) is 5.69 Å². The highest BCUT2D eigenvalue weighted by atomic mass is 79.9. The third-order valence-corrected chi connectivity index (χ3v) is 7.40. The predicted molar refractivity (Wildman–Crippen MR) is 119 cm³/mol. The van der Waals surface area contributed by atoms with Crippen molar-refractivity contribution in [1.29, 1.82) is 0 Å². The van der Waals surface area contributed by atoms with Crippen molar-refractivity contribution in [2.75, 3.05) is 61.9 Å². The molecule has 158 valence electrons. The molecule has 1 aromatic carbocycles. The molecule has 0 bridgehead atoms. The summed E-state index contributed by atoms with van der Waals surface area (Å²) >= 11 is 6.84. The molecule has 0 radical (unpaired) electrons. The maximum atomic E-state index is 13.5. The zero-order chi connectivity index (χ0) is 20.9. The van der Waals surface area contributed by atoms with E-state index in [0.29, 0.717) is 54.6 Å². The van der Waals surface area contributed by atoms with Gasteiger partial charge in [0.05, 0.1) is 10.6 Å². The molecule has 8 nitrogen and oxygen atoms in total. The van der Waals surface area contributed by atoms with Crippen LogP contribution in [0.5, 0.6) is 0 Å². The average molecular weight is 542 g/mol. The number of anilines is 1. The minimum Gasteiger partial charge on any atom is -0.369 e. The van der Waals surface area contributed by atoms with Gasteiger partial charge < -0.3 is 9.80 Å². The Balaban J connectivity index is 2.62. The fourth-order valence-corrected chi connectivity index (χ4v) is 6.01. The Hall–Kier alpha value is -0.750. The van der Waals surface area contributed by atoms with Gasteiger partial charge in [-0.05, 0) is 32.5 Å². The largest absolute Gasteiger partial charge is 0.369 e. The van der Waals surface area contributed by atoms with Crippen LogP contribution in [0.1, 0.15) is 12.0 Å². The number of halogens is 2. The number of alkyl halides is 2. The van der Waals surface area contributed by atoms with Crippen LogP contribution in [0.2, 0.25) is 0 Å². The Morgan fingerprint density at radius 2 is 1.79 bits per heavy atom. The second-order valence-electron chi connectivity index (χ2n) is 6.79. The molecular weight excluding hydrogens is 516 g/mol. The molecule has 28 heavy (non-hydrogen) atoms. The number of hydrogen-bond acceptors (Lipinski definition) is 6. The van der Waals surface area contributed by atoms with E-state index in [1.54, 1.807) is 6.92 Å². The van der Waals surface area contributed by atoms with E-state index in [1.165, 1.54) is 16.4 Å². The fraction of sp³-hybridized carbons (Fsp3) is 0.647. The third kappa shape index (κ3) is 5.44. The van der Waals surface area contributed by atoms with Crippen LogP contribution >= 0.6 is 31.9 Å². The lowest BCUT2D eigenvalue weighted by Crippen LogP contribution is -2.37. The number of benzene rings is 1. The minimum absolute atomic E-state index is 0.0191. The van der Waals surface area contributed by atoms with Gasteiger partial charge in [-0.2, -0.15) is 4.31 Å². The van der Waals surface area contributed by atoms with Crippen LogP contribution in [0.25, 0.3) is 0 Å². The highest BCUT2D eigenvalue weighted by Gasteiger charge is 2.32. The lowest BCUT2D eigenvalue weighted by Gasteiger charge is -2.29. The Labute approximate surface area is 183 Å². The number of rotatable bonds is 8. The topological polar surface area (TPSA) is 87.0 Å². The van der Waals surface area contributed by atoms with Gasteiger partial charge in [0.2, 0.25) is 10.0 Å². The molecule has 0 N–H and O–H groups in total. The van der Waals surface area contributed by atoms with Crippen molar-refractivity contribution in [2.45, 2.75) is 18.2 Å². The molecule has 0 unspecified atom stereocenters. The highest BCUT2D eigenvalue weighted by Crippen LogP contribution is 2.35. The zero-order valence-corrected chi connectivity index (χ0v) is 20.1. The maximum Gasteiger partial charge on any atom is 0.271 e. The van der Waals surface area contributed by atoms with E-state index in [9.17, 15) is 18.5 Å². The Kier molecular flexibility index (Phi) is 8.68. The molecule has 0 aliphatic carbocycles. The van der Waals surface area contributed by atoms with Crippen molar-refractivity contribution in [3.63, 3.8) is 0 Å². The summed E-state index contributed by atoms with van der Waals surface area (Å²) in [6.07, 6.45) is 0.728. The van der Waals surface area contributed by atoms with Crippen molar-refractivity contribution in [1.82, 2.24) is 9.21 Å². The minimum atomic E-state index is -3.87. The van der Waals surface area contributed by atoms with Gasteiger partial charge in [-0.1, -0.05) is 31.9 Å². The van der Waals surface area contributed by atoms with Crippen molar-refractivity contribution >= 4 is 53.3 Å². The van der Waals surface area contributed by atoms with Crippen molar-refractivity contribution in [3.05, 3.63) is 27.8 Å². The first-order chi connectivity index (χ1) is 13.2. The molecule has 0 amide bonds. The first-order valence-electron chi connectivity index (χ1n) is 9.07. The number of nitro groups is 1. The van der Waals surface area contributed by atoms with Crippen LogP contribution in [0.15, 0.2) is 17.0 Å². The van der Waals surface area contributed by atoms with E-state index in [1.807, 2.05) is 11.9 Å². The van der Waals surface area contributed by atoms with Crippen molar-refractivity contribution in [3.8, 4) is 0 Å². The molecule has 11 heteroatoms. The van der Waals surface area contributed by atoms with Crippen LogP contribution in [-0.2, 0) is 10.0 Å². The van der Waals surface area contributed by atoms with E-state index in [2.05, 4.69) is 36.8 Å². The van der Waals surface area contributed by atoms with Crippen LogP contribution in [-0.4, -0.2) is 79.5 Å². The molecule has 0 atom stereocenters. The Bertz CT molecular complexity index is 801. The van der Waals surface area contributed by atoms with Gasteiger partial charge in [-0.15, -0.1) is 0 Å². The first-order valence-corrected chi connectivity index (χ1v) is 12.7. The molecule has 1 aromatic rings. The van der Waals surface area contributed by atoms with Crippen LogP contribution in [0.3, 0.4) is 0 Å². The number of non-ortho nitro benzene ring substituents is 1. The molecule has 1 saturated heterocycles. The summed E-state index contributed by atoms with van der Waals surface area (Å²) < 4.78 is 28.5. The van der Waals surface area contributed by atoms with Gasteiger partial charge in [-0.3, -0.25) is 10.1 Å². The maximum absolute atomic E-state index is 13.5. The van der Waals surface area contributed by atoms with E-state index >= 15 is 0 Å². The molecule has 2 rings (SSSR count). The molecule has 1 aliphatic heterocycles. The van der Waals surface area contributed by atoms with Gasteiger partial charge >= 0.3 is 0 Å². The second-order valence-corrected chi connectivity index (χ2v) is 10.3. The number of likely N-dealkylation sites (N-methyl/N-ethyl adjacent to an activating group) is 1. The number of sulfonamides is 1. The zero-order valence-electron chi connectivity index (χ0n) is 16.1. The summed E-state index contributed by atoms with van der Waals surface area (Å²) in [5.41, 5.74) is 0.924. The molecule has 0 saturated carbocycles. The lowest BCUT2D eigenvalue weighted by atomic mass is 10.1. The standard InChI is InChI=1S/C17H26Br2N4O4S/c1-14-12-15(23(24)25)13-16(17(14)21(8-4-18)9-5-19)28(26,27)22-7-3-6-20(2)10-11-22/h12-13H,3-11H2,1-2H3. The van der Waals surface area contributed by atoms with Gasteiger partial charge in [-0.25, -0.2) is 8.42 Å². The number of nitrogens with zero attached hydrogens (tertiary/aromatic N) is 4. The number of hydrogen-bond donors (Lipinski definition) is 0. The van der Waals surface area contributed by atoms with E-state index in [0.717, 1.165) is 13.0 Å². The van der Waals surface area contributed by atoms with Crippen LogP contribution in [0.4, 0.5) is 11.4 Å². The number of aryl methyl sites for hydroxylation is 1. The molecule has 0 aromatic heterocycles. The Morgan fingerprint density at radius 3 is 2.36 bits per heavy atom. The fourth-order valence-electron chi connectivity index (χ4n) is 3.38. The normalized spacial score (nSPS) is 16.7. The van der Waals surface area contributed by atoms with Gasteiger partial charge in [0.15, 0.2) is 0 Å². The van der Waals surface area contributed by atoms with Gasteiger partial charge in [0, 0.05) is 55.5 Å². The molecule has 1 aliphatic rings. The predicted octanol–water partition coefficient (Wildman–Crippen LogP) is 2.83. The monoisotopic (exact) mass is 540 g/mol. The summed E-state index contributed by atoms with van der Waals surface area (Å²) in [6.45, 7) is 5.15. The van der Waals surface area contributed by atoms with E-state index in [4.69, 9.17) is 0 Å². The first kappa shape index (κ1) is 23.5. The summed E-state index contributed by atoms with van der Waals surface area (Å²) in [4.78, 5) is 14.9.